The zero-order valence-electron chi connectivity index (χ0n) is 12.2. The molecule has 0 amide bonds. The highest BCUT2D eigenvalue weighted by Gasteiger charge is 1.93. The molecular formula is C13H32BNO3. The summed E-state index contributed by atoms with van der Waals surface area (Å²) in [4.78, 5) is 0. The van der Waals surface area contributed by atoms with Crippen molar-refractivity contribution in [3.8, 4) is 0 Å². The molecule has 0 aromatic rings. The lowest BCUT2D eigenvalue weighted by Crippen LogP contribution is -2.07. The van der Waals surface area contributed by atoms with Crippen molar-refractivity contribution >= 4 is 7.32 Å². The van der Waals surface area contributed by atoms with Crippen LogP contribution in [0.2, 0.25) is 0 Å². The fourth-order valence-corrected chi connectivity index (χ4v) is 1.79. The summed E-state index contributed by atoms with van der Waals surface area (Å²) >= 11 is 0. The molecule has 0 rings (SSSR count). The SMILES string of the molecule is CCCCCCCCCCCCNC.OB(O)O. The maximum atomic E-state index is 7.17. The average Bonchev–Trinajstić information content (AvgIpc) is 2.31. The molecule has 0 aromatic carbocycles. The lowest BCUT2D eigenvalue weighted by molar-refractivity contribution is 0.278. The van der Waals surface area contributed by atoms with Crippen LogP contribution in [0.1, 0.15) is 71.1 Å². The van der Waals surface area contributed by atoms with Crippen LogP contribution >= 0.6 is 0 Å². The Hall–Kier alpha value is -0.0951. The van der Waals surface area contributed by atoms with E-state index in [1.165, 1.54) is 70.8 Å². The largest absolute Gasteiger partial charge is 0.631 e. The molecule has 18 heavy (non-hydrogen) atoms. The third kappa shape index (κ3) is 29.7. The average molecular weight is 261 g/mol. The first-order chi connectivity index (χ1) is 8.65. The van der Waals surface area contributed by atoms with Crippen LogP contribution in [0.3, 0.4) is 0 Å². The molecule has 0 spiro atoms. The van der Waals surface area contributed by atoms with Gasteiger partial charge in [0.1, 0.15) is 0 Å². The predicted octanol–water partition coefficient (Wildman–Crippen LogP) is 2.07. The number of hydrogen-bond donors (Lipinski definition) is 4. The molecule has 0 bridgehead atoms. The van der Waals surface area contributed by atoms with Crippen LogP contribution < -0.4 is 5.32 Å². The zero-order valence-corrected chi connectivity index (χ0v) is 12.2. The second-order valence-corrected chi connectivity index (χ2v) is 4.63. The van der Waals surface area contributed by atoms with Gasteiger partial charge < -0.3 is 20.4 Å². The second kappa shape index (κ2) is 19.2. The summed E-state index contributed by atoms with van der Waals surface area (Å²) in [5.74, 6) is 0. The molecule has 0 saturated heterocycles. The molecule has 0 fully saturated rings. The van der Waals surface area contributed by atoms with Crippen molar-refractivity contribution in [2.75, 3.05) is 13.6 Å². The topological polar surface area (TPSA) is 72.7 Å². The standard InChI is InChI=1S/C13H29N.BH3O3/c1-3-4-5-6-7-8-9-10-11-12-13-14-2;2-1(3)4/h14H,3-13H2,1-2H3;2-4H. The first kappa shape index (κ1) is 20.2. The first-order valence-corrected chi connectivity index (χ1v) is 7.34. The molecule has 0 atom stereocenters. The fourth-order valence-electron chi connectivity index (χ4n) is 1.79. The molecule has 0 heterocycles. The van der Waals surface area contributed by atoms with Crippen molar-refractivity contribution in [1.29, 1.82) is 0 Å². The summed E-state index contributed by atoms with van der Waals surface area (Å²) in [6.45, 7) is 3.47. The molecule has 0 aliphatic carbocycles. The van der Waals surface area contributed by atoms with Gasteiger partial charge >= 0.3 is 7.32 Å². The minimum atomic E-state index is -2.17. The highest BCUT2D eigenvalue weighted by Crippen LogP contribution is 2.09. The van der Waals surface area contributed by atoms with Crippen molar-refractivity contribution in [3.05, 3.63) is 0 Å². The van der Waals surface area contributed by atoms with Crippen LogP contribution in [0.5, 0.6) is 0 Å². The summed E-state index contributed by atoms with van der Waals surface area (Å²) in [6.07, 6.45) is 14.3. The Balaban J connectivity index is 0. The quantitative estimate of drug-likeness (QED) is 0.339. The summed E-state index contributed by atoms with van der Waals surface area (Å²) < 4.78 is 0. The molecule has 110 valence electrons. The van der Waals surface area contributed by atoms with Gasteiger partial charge in [0.15, 0.2) is 0 Å². The monoisotopic (exact) mass is 261 g/mol. The third-order valence-corrected chi connectivity index (χ3v) is 2.78. The van der Waals surface area contributed by atoms with Crippen LogP contribution in [0.25, 0.3) is 0 Å². The van der Waals surface area contributed by atoms with E-state index in [1.807, 2.05) is 7.05 Å². The Kier molecular flexibility index (Phi) is 21.6. The Labute approximate surface area is 113 Å². The molecule has 0 radical (unpaired) electrons. The Morgan fingerprint density at radius 2 is 1.06 bits per heavy atom. The first-order valence-electron chi connectivity index (χ1n) is 7.34. The van der Waals surface area contributed by atoms with E-state index in [2.05, 4.69) is 12.2 Å². The second-order valence-electron chi connectivity index (χ2n) is 4.63. The van der Waals surface area contributed by atoms with E-state index in [9.17, 15) is 0 Å². The van der Waals surface area contributed by atoms with Gasteiger partial charge in [-0.25, -0.2) is 0 Å². The van der Waals surface area contributed by atoms with Gasteiger partial charge in [-0.15, -0.1) is 0 Å². The highest BCUT2D eigenvalue weighted by molar-refractivity contribution is 6.30. The minimum Gasteiger partial charge on any atom is -0.402 e. The van der Waals surface area contributed by atoms with E-state index in [0.717, 1.165) is 0 Å². The van der Waals surface area contributed by atoms with Gasteiger partial charge in [0.2, 0.25) is 0 Å². The molecule has 0 saturated carbocycles. The fraction of sp³-hybridized carbons (Fsp3) is 1.00. The zero-order chi connectivity index (χ0) is 14.1. The maximum Gasteiger partial charge on any atom is 0.631 e. The normalized spacial score (nSPS) is 9.83. The Bertz CT molecular complexity index is 123. The number of rotatable bonds is 11. The summed E-state index contributed by atoms with van der Waals surface area (Å²) in [7, 11) is -0.131. The summed E-state index contributed by atoms with van der Waals surface area (Å²) in [5.41, 5.74) is 0. The molecule has 4 nitrogen and oxygen atoms in total. The van der Waals surface area contributed by atoms with E-state index in [1.54, 1.807) is 0 Å². The summed E-state index contributed by atoms with van der Waals surface area (Å²) in [6, 6.07) is 0. The molecule has 4 N–H and O–H groups in total. The van der Waals surface area contributed by atoms with Gasteiger partial charge in [-0.3, -0.25) is 0 Å². The van der Waals surface area contributed by atoms with Crippen LogP contribution in [0, 0.1) is 0 Å². The molecular weight excluding hydrogens is 229 g/mol. The Morgan fingerprint density at radius 1 is 0.722 bits per heavy atom. The lowest BCUT2D eigenvalue weighted by atomic mass is 10.1. The van der Waals surface area contributed by atoms with Crippen LogP contribution in [-0.2, 0) is 0 Å². The smallest absolute Gasteiger partial charge is 0.402 e. The van der Waals surface area contributed by atoms with Crippen LogP contribution in [0.4, 0.5) is 0 Å². The molecule has 5 heteroatoms. The third-order valence-electron chi connectivity index (χ3n) is 2.78. The van der Waals surface area contributed by atoms with Gasteiger partial charge in [0, 0.05) is 0 Å². The van der Waals surface area contributed by atoms with Crippen LogP contribution in [-0.4, -0.2) is 36.0 Å². The summed E-state index contributed by atoms with van der Waals surface area (Å²) in [5, 5.41) is 24.7. The number of nitrogens with one attached hydrogen (secondary N) is 1. The van der Waals surface area contributed by atoms with Gasteiger partial charge in [-0.1, -0.05) is 64.7 Å². The number of unbranched alkanes of at least 4 members (excludes halogenated alkanes) is 9. The van der Waals surface area contributed by atoms with Crippen molar-refractivity contribution in [1.82, 2.24) is 5.32 Å². The minimum absolute atomic E-state index is 1.19. The van der Waals surface area contributed by atoms with E-state index < -0.39 is 7.32 Å². The van der Waals surface area contributed by atoms with Crippen molar-refractivity contribution < 1.29 is 15.1 Å². The van der Waals surface area contributed by atoms with Gasteiger partial charge in [0.25, 0.3) is 0 Å². The molecule has 0 aliphatic rings. The van der Waals surface area contributed by atoms with E-state index >= 15 is 0 Å². The van der Waals surface area contributed by atoms with Gasteiger partial charge in [-0.2, -0.15) is 0 Å². The van der Waals surface area contributed by atoms with Crippen molar-refractivity contribution in [3.63, 3.8) is 0 Å². The molecule has 0 unspecified atom stereocenters. The van der Waals surface area contributed by atoms with Gasteiger partial charge in [0.05, 0.1) is 0 Å². The van der Waals surface area contributed by atoms with E-state index in [0.29, 0.717) is 0 Å². The van der Waals surface area contributed by atoms with E-state index in [4.69, 9.17) is 15.1 Å². The molecule has 0 aliphatic heterocycles. The van der Waals surface area contributed by atoms with Crippen molar-refractivity contribution in [2.45, 2.75) is 71.1 Å². The number of hydrogen-bond acceptors (Lipinski definition) is 4. The highest BCUT2D eigenvalue weighted by atomic mass is 16.5. The molecule has 0 aromatic heterocycles. The van der Waals surface area contributed by atoms with Crippen molar-refractivity contribution in [2.24, 2.45) is 0 Å². The van der Waals surface area contributed by atoms with E-state index in [-0.39, 0.29) is 0 Å². The maximum absolute atomic E-state index is 7.17. The Morgan fingerprint density at radius 3 is 1.39 bits per heavy atom. The predicted molar refractivity (Wildman–Crippen MR) is 78.2 cm³/mol. The van der Waals surface area contributed by atoms with Crippen LogP contribution in [0.15, 0.2) is 0 Å². The van der Waals surface area contributed by atoms with Gasteiger partial charge in [-0.05, 0) is 20.0 Å². The lowest BCUT2D eigenvalue weighted by Gasteiger charge is -2.01.